The van der Waals surface area contributed by atoms with Gasteiger partial charge in [-0.2, -0.15) is 0 Å². The molecule has 1 fully saturated rings. The Balaban J connectivity index is 2.06. The number of aliphatic carboxylic acids is 1. The number of carbonyl (C=O) groups is 1. The standard InChI is InChI=1S/C15H20FNO3/c1-15(14(18)19)6-3-7-17(10-15)9-11-4-5-13(20-2)12(16)8-11/h4-5,8H,3,6-7,9-10H2,1-2H3,(H,18,19). The van der Waals surface area contributed by atoms with Gasteiger partial charge in [0.05, 0.1) is 12.5 Å². The van der Waals surface area contributed by atoms with Crippen molar-refractivity contribution in [2.45, 2.75) is 26.3 Å². The molecule has 1 aromatic carbocycles. The number of hydrogen-bond donors (Lipinski definition) is 1. The summed E-state index contributed by atoms with van der Waals surface area (Å²) in [6.07, 6.45) is 1.54. The molecule has 0 aromatic heterocycles. The molecular weight excluding hydrogens is 261 g/mol. The molecule has 0 bridgehead atoms. The van der Waals surface area contributed by atoms with E-state index in [0.717, 1.165) is 18.5 Å². The van der Waals surface area contributed by atoms with Crippen molar-refractivity contribution < 1.29 is 19.0 Å². The van der Waals surface area contributed by atoms with Gasteiger partial charge in [0.1, 0.15) is 0 Å². The lowest BCUT2D eigenvalue weighted by Crippen LogP contribution is -2.45. The highest BCUT2D eigenvalue weighted by Gasteiger charge is 2.37. The fourth-order valence-electron chi connectivity index (χ4n) is 2.72. The Bertz CT molecular complexity index is 506. The first-order chi connectivity index (χ1) is 9.44. The summed E-state index contributed by atoms with van der Waals surface area (Å²) in [6, 6.07) is 4.87. The summed E-state index contributed by atoms with van der Waals surface area (Å²) >= 11 is 0. The van der Waals surface area contributed by atoms with Crippen molar-refractivity contribution in [3.8, 4) is 5.75 Å². The minimum Gasteiger partial charge on any atom is -0.494 e. The molecule has 1 heterocycles. The third kappa shape index (κ3) is 3.10. The smallest absolute Gasteiger partial charge is 0.310 e. The van der Waals surface area contributed by atoms with Crippen LogP contribution in [0.2, 0.25) is 0 Å². The number of rotatable bonds is 4. The molecule has 1 aliphatic rings. The van der Waals surface area contributed by atoms with Gasteiger partial charge in [-0.15, -0.1) is 0 Å². The second kappa shape index (κ2) is 5.79. The zero-order valence-electron chi connectivity index (χ0n) is 11.9. The van der Waals surface area contributed by atoms with E-state index in [1.165, 1.54) is 13.2 Å². The first-order valence-corrected chi connectivity index (χ1v) is 6.73. The number of piperidine rings is 1. The molecule has 1 aliphatic heterocycles. The zero-order chi connectivity index (χ0) is 14.8. The maximum atomic E-state index is 13.6. The van der Waals surface area contributed by atoms with Gasteiger partial charge < -0.3 is 9.84 Å². The van der Waals surface area contributed by atoms with Gasteiger partial charge in [-0.25, -0.2) is 4.39 Å². The summed E-state index contributed by atoms with van der Waals surface area (Å²) in [5.41, 5.74) is 0.126. The average Bonchev–Trinajstić information content (AvgIpc) is 2.39. The number of likely N-dealkylation sites (tertiary alicyclic amines) is 1. The molecule has 0 spiro atoms. The van der Waals surface area contributed by atoms with Gasteiger partial charge in [-0.05, 0) is 44.0 Å². The first-order valence-electron chi connectivity index (χ1n) is 6.73. The van der Waals surface area contributed by atoms with E-state index in [0.29, 0.717) is 19.5 Å². The molecule has 1 N–H and O–H groups in total. The van der Waals surface area contributed by atoms with Crippen LogP contribution in [0.1, 0.15) is 25.3 Å². The van der Waals surface area contributed by atoms with Gasteiger partial charge in [-0.3, -0.25) is 9.69 Å². The van der Waals surface area contributed by atoms with E-state index in [4.69, 9.17) is 4.74 Å². The van der Waals surface area contributed by atoms with Crippen molar-refractivity contribution in [1.29, 1.82) is 0 Å². The molecule has 110 valence electrons. The monoisotopic (exact) mass is 281 g/mol. The van der Waals surface area contributed by atoms with Gasteiger partial charge in [-0.1, -0.05) is 6.07 Å². The summed E-state index contributed by atoms with van der Waals surface area (Å²) < 4.78 is 18.5. The van der Waals surface area contributed by atoms with Gasteiger partial charge in [0, 0.05) is 13.1 Å². The van der Waals surface area contributed by atoms with E-state index in [2.05, 4.69) is 4.90 Å². The van der Waals surface area contributed by atoms with Crippen molar-refractivity contribution in [2.75, 3.05) is 20.2 Å². The van der Waals surface area contributed by atoms with E-state index >= 15 is 0 Å². The lowest BCUT2D eigenvalue weighted by molar-refractivity contribution is -0.151. The number of carboxylic acid groups (broad SMARTS) is 1. The number of benzene rings is 1. The van der Waals surface area contributed by atoms with Crippen molar-refractivity contribution in [2.24, 2.45) is 5.41 Å². The van der Waals surface area contributed by atoms with Crippen LogP contribution in [0.25, 0.3) is 0 Å². The van der Waals surface area contributed by atoms with Crippen LogP contribution >= 0.6 is 0 Å². The molecule has 4 nitrogen and oxygen atoms in total. The second-order valence-electron chi connectivity index (χ2n) is 5.65. The number of halogens is 1. The van der Waals surface area contributed by atoms with Crippen LogP contribution in [0.3, 0.4) is 0 Å². The van der Waals surface area contributed by atoms with E-state index < -0.39 is 11.4 Å². The Morgan fingerprint density at radius 1 is 1.55 bits per heavy atom. The van der Waals surface area contributed by atoms with Gasteiger partial charge in [0.15, 0.2) is 11.6 Å². The van der Waals surface area contributed by atoms with Crippen LogP contribution in [0.5, 0.6) is 5.75 Å². The van der Waals surface area contributed by atoms with Gasteiger partial charge in [0.2, 0.25) is 0 Å². The van der Waals surface area contributed by atoms with Crippen LogP contribution in [-0.4, -0.2) is 36.2 Å². The summed E-state index contributed by atoms with van der Waals surface area (Å²) in [5.74, 6) is -0.922. The topological polar surface area (TPSA) is 49.8 Å². The Morgan fingerprint density at radius 3 is 2.90 bits per heavy atom. The Kier molecular flexibility index (Phi) is 4.28. The maximum absolute atomic E-state index is 13.6. The Labute approximate surface area is 118 Å². The summed E-state index contributed by atoms with van der Waals surface area (Å²) in [6.45, 7) is 3.67. The number of nitrogens with zero attached hydrogens (tertiary/aromatic N) is 1. The van der Waals surface area contributed by atoms with E-state index in [-0.39, 0.29) is 11.6 Å². The highest BCUT2D eigenvalue weighted by Crippen LogP contribution is 2.30. The van der Waals surface area contributed by atoms with Crippen LogP contribution < -0.4 is 4.74 Å². The molecule has 1 aromatic rings. The molecule has 0 radical (unpaired) electrons. The fourth-order valence-corrected chi connectivity index (χ4v) is 2.72. The van der Waals surface area contributed by atoms with Gasteiger partial charge >= 0.3 is 5.97 Å². The predicted molar refractivity (Wildman–Crippen MR) is 73.2 cm³/mol. The highest BCUT2D eigenvalue weighted by atomic mass is 19.1. The number of carboxylic acids is 1. The number of hydrogen-bond acceptors (Lipinski definition) is 3. The Morgan fingerprint density at radius 2 is 2.30 bits per heavy atom. The SMILES string of the molecule is COc1ccc(CN2CCCC(C)(C(=O)O)C2)cc1F. The molecule has 1 atom stereocenters. The predicted octanol–water partition coefficient (Wildman–Crippen LogP) is 2.52. The van der Waals surface area contributed by atoms with E-state index in [1.54, 1.807) is 13.0 Å². The average molecular weight is 281 g/mol. The van der Waals surface area contributed by atoms with Crippen molar-refractivity contribution in [3.05, 3.63) is 29.6 Å². The molecule has 2 rings (SSSR count). The molecular formula is C15H20FNO3. The summed E-state index contributed by atoms with van der Waals surface area (Å²) in [4.78, 5) is 13.4. The minimum atomic E-state index is -0.761. The lowest BCUT2D eigenvalue weighted by Gasteiger charge is -2.37. The van der Waals surface area contributed by atoms with Crippen LogP contribution in [-0.2, 0) is 11.3 Å². The van der Waals surface area contributed by atoms with Crippen LogP contribution in [0.4, 0.5) is 4.39 Å². The molecule has 1 unspecified atom stereocenters. The Hall–Kier alpha value is -1.62. The highest BCUT2D eigenvalue weighted by molar-refractivity contribution is 5.74. The third-order valence-corrected chi connectivity index (χ3v) is 3.91. The second-order valence-corrected chi connectivity index (χ2v) is 5.65. The first kappa shape index (κ1) is 14.8. The number of methoxy groups -OCH3 is 1. The lowest BCUT2D eigenvalue weighted by atomic mass is 9.82. The van der Waals surface area contributed by atoms with E-state index in [1.807, 2.05) is 6.07 Å². The molecule has 0 aliphatic carbocycles. The molecule has 0 amide bonds. The molecule has 0 saturated carbocycles. The quantitative estimate of drug-likeness (QED) is 0.921. The molecule has 5 heteroatoms. The summed E-state index contributed by atoms with van der Waals surface area (Å²) in [5, 5.41) is 9.29. The van der Waals surface area contributed by atoms with Crippen molar-refractivity contribution in [1.82, 2.24) is 4.90 Å². The van der Waals surface area contributed by atoms with Crippen LogP contribution in [0, 0.1) is 11.2 Å². The third-order valence-electron chi connectivity index (χ3n) is 3.91. The molecule has 20 heavy (non-hydrogen) atoms. The largest absolute Gasteiger partial charge is 0.494 e. The van der Waals surface area contributed by atoms with E-state index in [9.17, 15) is 14.3 Å². The fraction of sp³-hybridized carbons (Fsp3) is 0.533. The summed E-state index contributed by atoms with van der Waals surface area (Å²) in [7, 11) is 1.43. The van der Waals surface area contributed by atoms with Gasteiger partial charge in [0.25, 0.3) is 0 Å². The van der Waals surface area contributed by atoms with Crippen LogP contribution in [0.15, 0.2) is 18.2 Å². The maximum Gasteiger partial charge on any atom is 0.310 e. The van der Waals surface area contributed by atoms with Crippen molar-refractivity contribution >= 4 is 5.97 Å². The number of ether oxygens (including phenoxy) is 1. The zero-order valence-corrected chi connectivity index (χ0v) is 11.9. The normalized spacial score (nSPS) is 23.6. The molecule has 1 saturated heterocycles. The van der Waals surface area contributed by atoms with Crippen molar-refractivity contribution in [3.63, 3.8) is 0 Å². The minimum absolute atomic E-state index is 0.225.